The summed E-state index contributed by atoms with van der Waals surface area (Å²) in [5.41, 5.74) is 0.687. The molecule has 1 atom stereocenters. The van der Waals surface area contributed by atoms with Crippen LogP contribution in [0, 0.1) is 0 Å². The maximum Gasteiger partial charge on any atom is 0.242 e. The first-order valence-electron chi connectivity index (χ1n) is 5.91. The first-order chi connectivity index (χ1) is 7.84. The molecule has 5 nitrogen and oxygen atoms in total. The van der Waals surface area contributed by atoms with Gasteiger partial charge in [-0.05, 0) is 27.2 Å². The van der Waals surface area contributed by atoms with Gasteiger partial charge in [0.05, 0.1) is 11.9 Å². The second-order valence-corrected chi connectivity index (χ2v) is 5.00. The second kappa shape index (κ2) is 5.21. The Morgan fingerprint density at radius 3 is 2.71 bits per heavy atom. The number of rotatable bonds is 5. The van der Waals surface area contributed by atoms with Crippen LogP contribution in [0.1, 0.15) is 34.1 Å². The van der Waals surface area contributed by atoms with Crippen LogP contribution in [-0.2, 0) is 11.8 Å². The number of amides is 1. The molecular formula is C12H22N4O. The molecule has 0 fully saturated rings. The molecule has 0 bridgehead atoms. The number of nitrogens with zero attached hydrogens (tertiary/aromatic N) is 2. The van der Waals surface area contributed by atoms with Gasteiger partial charge in [0.2, 0.25) is 5.91 Å². The number of anilines is 1. The first-order valence-corrected chi connectivity index (χ1v) is 5.91. The third-order valence-corrected chi connectivity index (χ3v) is 2.83. The van der Waals surface area contributed by atoms with Crippen molar-refractivity contribution >= 4 is 11.6 Å². The summed E-state index contributed by atoms with van der Waals surface area (Å²) < 4.78 is 1.70. The van der Waals surface area contributed by atoms with Crippen molar-refractivity contribution in [3.05, 3.63) is 12.4 Å². The summed E-state index contributed by atoms with van der Waals surface area (Å²) in [6.07, 6.45) is 4.45. The maximum absolute atomic E-state index is 11.9. The van der Waals surface area contributed by atoms with Gasteiger partial charge in [-0.15, -0.1) is 0 Å². The quantitative estimate of drug-likeness (QED) is 0.817. The van der Waals surface area contributed by atoms with Gasteiger partial charge in [-0.3, -0.25) is 9.48 Å². The predicted molar refractivity (Wildman–Crippen MR) is 68.8 cm³/mol. The zero-order valence-corrected chi connectivity index (χ0v) is 11.2. The molecule has 1 amide bonds. The largest absolute Gasteiger partial charge is 0.371 e. The third kappa shape index (κ3) is 4.09. The lowest BCUT2D eigenvalue weighted by Gasteiger charge is -2.26. The number of hydrogen-bond donors (Lipinski definition) is 2. The Bertz CT molecular complexity index is 384. The second-order valence-electron chi connectivity index (χ2n) is 5.00. The monoisotopic (exact) mass is 238 g/mol. The SMILES string of the molecule is CCC(C)(C)NC(=O)C(C)Nc1cnn(C)c1. The fourth-order valence-electron chi connectivity index (χ4n) is 1.34. The molecule has 1 rings (SSSR count). The highest BCUT2D eigenvalue weighted by molar-refractivity contribution is 5.84. The van der Waals surface area contributed by atoms with Crippen LogP contribution < -0.4 is 10.6 Å². The molecule has 1 heterocycles. The minimum atomic E-state index is -0.273. The molecule has 0 aliphatic rings. The Labute approximate surface area is 103 Å². The predicted octanol–water partition coefficient (Wildman–Crippen LogP) is 1.53. The third-order valence-electron chi connectivity index (χ3n) is 2.83. The number of aromatic nitrogens is 2. The van der Waals surface area contributed by atoms with E-state index in [1.807, 2.05) is 34.0 Å². The Morgan fingerprint density at radius 2 is 2.24 bits per heavy atom. The summed E-state index contributed by atoms with van der Waals surface area (Å²) in [6, 6.07) is -0.273. The fourth-order valence-corrected chi connectivity index (χ4v) is 1.34. The van der Waals surface area contributed by atoms with Crippen LogP contribution in [0.4, 0.5) is 5.69 Å². The van der Waals surface area contributed by atoms with Gasteiger partial charge < -0.3 is 10.6 Å². The van der Waals surface area contributed by atoms with E-state index in [0.29, 0.717) is 0 Å². The number of aryl methyl sites for hydroxylation is 1. The van der Waals surface area contributed by atoms with E-state index in [1.54, 1.807) is 10.9 Å². The van der Waals surface area contributed by atoms with Gasteiger partial charge in [-0.1, -0.05) is 6.92 Å². The summed E-state index contributed by atoms with van der Waals surface area (Å²) in [4.78, 5) is 11.9. The average molecular weight is 238 g/mol. The van der Waals surface area contributed by atoms with Crippen molar-refractivity contribution in [2.24, 2.45) is 7.05 Å². The summed E-state index contributed by atoms with van der Waals surface area (Å²) >= 11 is 0. The van der Waals surface area contributed by atoms with Crippen molar-refractivity contribution in [1.82, 2.24) is 15.1 Å². The van der Waals surface area contributed by atoms with Crippen LogP contribution in [0.5, 0.6) is 0 Å². The fraction of sp³-hybridized carbons (Fsp3) is 0.667. The van der Waals surface area contributed by atoms with E-state index in [0.717, 1.165) is 12.1 Å². The number of carbonyl (C=O) groups excluding carboxylic acids is 1. The summed E-state index contributed by atoms with van der Waals surface area (Å²) in [5.74, 6) is 0.000651. The van der Waals surface area contributed by atoms with Crippen LogP contribution in [0.15, 0.2) is 12.4 Å². The van der Waals surface area contributed by atoms with E-state index in [-0.39, 0.29) is 17.5 Å². The van der Waals surface area contributed by atoms with E-state index in [9.17, 15) is 4.79 Å². The van der Waals surface area contributed by atoms with Gasteiger partial charge in [0.25, 0.3) is 0 Å². The van der Waals surface area contributed by atoms with Crippen LogP contribution in [0.25, 0.3) is 0 Å². The maximum atomic E-state index is 11.9. The highest BCUT2D eigenvalue weighted by Crippen LogP contribution is 2.09. The standard InChI is InChI=1S/C12H22N4O/c1-6-12(3,4)15-11(17)9(2)14-10-7-13-16(5)8-10/h7-9,14H,6H2,1-5H3,(H,15,17). The van der Waals surface area contributed by atoms with E-state index in [2.05, 4.69) is 22.7 Å². The minimum absolute atomic E-state index is 0.000651. The summed E-state index contributed by atoms with van der Waals surface area (Å²) in [6.45, 7) is 7.93. The number of hydrogen-bond acceptors (Lipinski definition) is 3. The van der Waals surface area contributed by atoms with Gasteiger partial charge in [-0.2, -0.15) is 5.10 Å². The minimum Gasteiger partial charge on any atom is -0.371 e. The Hall–Kier alpha value is -1.52. The van der Waals surface area contributed by atoms with E-state index in [1.165, 1.54) is 0 Å². The van der Waals surface area contributed by atoms with E-state index in [4.69, 9.17) is 0 Å². The van der Waals surface area contributed by atoms with Crippen molar-refractivity contribution in [2.75, 3.05) is 5.32 Å². The normalized spacial score (nSPS) is 13.2. The van der Waals surface area contributed by atoms with E-state index >= 15 is 0 Å². The van der Waals surface area contributed by atoms with Gasteiger partial charge in [-0.25, -0.2) is 0 Å². The smallest absolute Gasteiger partial charge is 0.242 e. The molecule has 1 aromatic heterocycles. The van der Waals surface area contributed by atoms with Crippen LogP contribution in [0.2, 0.25) is 0 Å². The Kier molecular flexibility index (Phi) is 4.15. The van der Waals surface area contributed by atoms with Crippen molar-refractivity contribution < 1.29 is 4.79 Å². The number of nitrogens with one attached hydrogen (secondary N) is 2. The molecule has 2 N–H and O–H groups in total. The molecule has 0 saturated heterocycles. The average Bonchev–Trinajstić information content (AvgIpc) is 2.63. The van der Waals surface area contributed by atoms with Crippen molar-refractivity contribution in [1.29, 1.82) is 0 Å². The molecule has 1 aromatic rings. The molecular weight excluding hydrogens is 216 g/mol. The molecule has 0 saturated carbocycles. The summed E-state index contributed by atoms with van der Waals surface area (Å²) in [5, 5.41) is 10.2. The summed E-state index contributed by atoms with van der Waals surface area (Å²) in [7, 11) is 1.84. The molecule has 96 valence electrons. The molecule has 0 radical (unpaired) electrons. The van der Waals surface area contributed by atoms with Crippen molar-refractivity contribution in [2.45, 2.75) is 45.7 Å². The zero-order valence-electron chi connectivity index (χ0n) is 11.2. The lowest BCUT2D eigenvalue weighted by Crippen LogP contribution is -2.48. The Morgan fingerprint density at radius 1 is 1.59 bits per heavy atom. The van der Waals surface area contributed by atoms with Crippen LogP contribution in [-0.4, -0.2) is 27.3 Å². The molecule has 0 aliphatic carbocycles. The van der Waals surface area contributed by atoms with Crippen molar-refractivity contribution in [3.8, 4) is 0 Å². The molecule has 0 aliphatic heterocycles. The highest BCUT2D eigenvalue weighted by Gasteiger charge is 2.21. The number of carbonyl (C=O) groups is 1. The van der Waals surface area contributed by atoms with Gasteiger partial charge in [0.1, 0.15) is 6.04 Å². The zero-order chi connectivity index (χ0) is 13.1. The van der Waals surface area contributed by atoms with E-state index < -0.39 is 0 Å². The Balaban J connectivity index is 2.53. The highest BCUT2D eigenvalue weighted by atomic mass is 16.2. The molecule has 17 heavy (non-hydrogen) atoms. The van der Waals surface area contributed by atoms with Gasteiger partial charge in [0.15, 0.2) is 0 Å². The molecule has 1 unspecified atom stereocenters. The van der Waals surface area contributed by atoms with Gasteiger partial charge in [0, 0.05) is 18.8 Å². The van der Waals surface area contributed by atoms with Crippen LogP contribution in [0.3, 0.4) is 0 Å². The lowest BCUT2D eigenvalue weighted by atomic mass is 10.0. The molecule has 0 aromatic carbocycles. The van der Waals surface area contributed by atoms with Crippen LogP contribution >= 0.6 is 0 Å². The lowest BCUT2D eigenvalue weighted by molar-refractivity contribution is -0.123. The first kappa shape index (κ1) is 13.5. The van der Waals surface area contributed by atoms with Crippen molar-refractivity contribution in [3.63, 3.8) is 0 Å². The topological polar surface area (TPSA) is 59.0 Å². The van der Waals surface area contributed by atoms with Gasteiger partial charge >= 0.3 is 0 Å². The molecule has 0 spiro atoms. The molecule has 5 heteroatoms.